The second-order valence-electron chi connectivity index (χ2n) is 4.69. The molecule has 0 bridgehead atoms. The number of halogens is 1. The molecule has 0 spiro atoms. The lowest BCUT2D eigenvalue weighted by Crippen LogP contribution is -2.36. The van der Waals surface area contributed by atoms with Crippen LogP contribution in [-0.4, -0.2) is 48.4 Å². The fourth-order valence-corrected chi connectivity index (χ4v) is 2.32. The zero-order valence-corrected chi connectivity index (χ0v) is 14.9. The Labute approximate surface area is 147 Å². The summed E-state index contributed by atoms with van der Waals surface area (Å²) in [5, 5.41) is 3.37. The number of pyridine rings is 1. The van der Waals surface area contributed by atoms with E-state index in [1.807, 2.05) is 26.0 Å². The summed E-state index contributed by atoms with van der Waals surface area (Å²) in [5.74, 6) is 1.96. The van der Waals surface area contributed by atoms with Crippen LogP contribution in [0.15, 0.2) is 24.4 Å². The second-order valence-corrected chi connectivity index (χ2v) is 5.03. The Morgan fingerprint density at radius 3 is 2.58 bits per heavy atom. The first-order chi connectivity index (χ1) is 11.7. The SMILES string of the molecule is CC.COc1ccc(Nc2cc(N3CCOCC3)nc(Cl)n2)cn1. The summed E-state index contributed by atoms with van der Waals surface area (Å²) in [7, 11) is 1.58. The number of nitrogens with zero attached hydrogens (tertiary/aromatic N) is 4. The van der Waals surface area contributed by atoms with Crippen LogP contribution in [0.1, 0.15) is 13.8 Å². The molecule has 2 aromatic heterocycles. The predicted octanol–water partition coefficient (Wildman–Crippen LogP) is 3.14. The molecule has 1 aliphatic rings. The Hall–Kier alpha value is -2.12. The van der Waals surface area contributed by atoms with E-state index in [1.165, 1.54) is 0 Å². The largest absolute Gasteiger partial charge is 0.481 e. The van der Waals surface area contributed by atoms with Gasteiger partial charge in [0.1, 0.15) is 11.6 Å². The van der Waals surface area contributed by atoms with Gasteiger partial charge >= 0.3 is 0 Å². The molecular weight excluding hydrogens is 330 g/mol. The lowest BCUT2D eigenvalue weighted by molar-refractivity contribution is 0.122. The number of morpholine rings is 1. The summed E-state index contributed by atoms with van der Waals surface area (Å²) in [4.78, 5) is 14.7. The van der Waals surface area contributed by atoms with Gasteiger partial charge in [-0.2, -0.15) is 0 Å². The zero-order valence-electron chi connectivity index (χ0n) is 14.1. The van der Waals surface area contributed by atoms with Gasteiger partial charge in [-0.3, -0.25) is 0 Å². The Bertz CT molecular complexity index is 633. The van der Waals surface area contributed by atoms with Gasteiger partial charge in [0.25, 0.3) is 0 Å². The van der Waals surface area contributed by atoms with Crippen molar-refractivity contribution in [3.05, 3.63) is 29.7 Å². The van der Waals surface area contributed by atoms with Crippen LogP contribution in [0.25, 0.3) is 0 Å². The topological polar surface area (TPSA) is 72.4 Å². The molecule has 7 nitrogen and oxygen atoms in total. The fourth-order valence-electron chi connectivity index (χ4n) is 2.15. The van der Waals surface area contributed by atoms with Crippen molar-refractivity contribution in [1.29, 1.82) is 0 Å². The van der Waals surface area contributed by atoms with Gasteiger partial charge in [0, 0.05) is 25.2 Å². The monoisotopic (exact) mass is 351 g/mol. The Kier molecular flexibility index (Phi) is 7.02. The minimum atomic E-state index is 0.202. The summed E-state index contributed by atoms with van der Waals surface area (Å²) < 4.78 is 10.4. The van der Waals surface area contributed by atoms with Crippen LogP contribution in [0.3, 0.4) is 0 Å². The average molecular weight is 352 g/mol. The summed E-state index contributed by atoms with van der Waals surface area (Å²) in [5.41, 5.74) is 0.795. The van der Waals surface area contributed by atoms with Crippen molar-refractivity contribution in [3.8, 4) is 5.88 Å². The van der Waals surface area contributed by atoms with Crippen molar-refractivity contribution in [1.82, 2.24) is 15.0 Å². The molecule has 0 aliphatic carbocycles. The molecule has 130 valence electrons. The number of ether oxygens (including phenoxy) is 2. The van der Waals surface area contributed by atoms with E-state index < -0.39 is 0 Å². The third-order valence-corrected chi connectivity index (χ3v) is 3.41. The minimum Gasteiger partial charge on any atom is -0.481 e. The fraction of sp³-hybridized carbons (Fsp3) is 0.438. The highest BCUT2D eigenvalue weighted by Crippen LogP contribution is 2.22. The molecule has 1 saturated heterocycles. The number of hydrogen-bond acceptors (Lipinski definition) is 7. The van der Waals surface area contributed by atoms with Crippen molar-refractivity contribution in [3.63, 3.8) is 0 Å². The van der Waals surface area contributed by atoms with E-state index >= 15 is 0 Å². The Morgan fingerprint density at radius 1 is 1.21 bits per heavy atom. The van der Waals surface area contributed by atoms with Crippen molar-refractivity contribution in [2.45, 2.75) is 13.8 Å². The van der Waals surface area contributed by atoms with Gasteiger partial charge in [-0.1, -0.05) is 13.8 Å². The molecule has 3 heterocycles. The summed E-state index contributed by atoms with van der Waals surface area (Å²) in [6.07, 6.45) is 1.67. The smallest absolute Gasteiger partial charge is 0.226 e. The number of hydrogen-bond donors (Lipinski definition) is 1. The molecular formula is C16H22ClN5O2. The highest BCUT2D eigenvalue weighted by Gasteiger charge is 2.14. The molecule has 0 unspecified atom stereocenters. The molecule has 0 aromatic carbocycles. The van der Waals surface area contributed by atoms with E-state index in [2.05, 4.69) is 25.2 Å². The van der Waals surface area contributed by atoms with Crippen LogP contribution < -0.4 is 15.0 Å². The molecule has 2 aromatic rings. The third kappa shape index (κ3) is 4.94. The van der Waals surface area contributed by atoms with Crippen LogP contribution in [0.2, 0.25) is 5.28 Å². The molecule has 24 heavy (non-hydrogen) atoms. The van der Waals surface area contributed by atoms with Crippen LogP contribution in [-0.2, 0) is 4.74 Å². The van der Waals surface area contributed by atoms with Crippen LogP contribution in [0.4, 0.5) is 17.3 Å². The number of aromatic nitrogens is 3. The quantitative estimate of drug-likeness (QED) is 0.848. The zero-order chi connectivity index (χ0) is 17.4. The number of anilines is 3. The van der Waals surface area contributed by atoms with E-state index in [-0.39, 0.29) is 5.28 Å². The van der Waals surface area contributed by atoms with Gasteiger partial charge in [-0.15, -0.1) is 0 Å². The molecule has 0 atom stereocenters. The average Bonchev–Trinajstić information content (AvgIpc) is 2.64. The highest BCUT2D eigenvalue weighted by atomic mass is 35.5. The molecule has 3 rings (SSSR count). The molecule has 1 fully saturated rings. The van der Waals surface area contributed by atoms with E-state index in [9.17, 15) is 0 Å². The van der Waals surface area contributed by atoms with E-state index in [0.29, 0.717) is 24.9 Å². The summed E-state index contributed by atoms with van der Waals surface area (Å²) in [6, 6.07) is 5.49. The maximum atomic E-state index is 6.03. The van der Waals surface area contributed by atoms with Gasteiger partial charge in [0.15, 0.2) is 0 Å². The van der Waals surface area contributed by atoms with E-state index in [0.717, 1.165) is 24.6 Å². The third-order valence-electron chi connectivity index (χ3n) is 3.24. The minimum absolute atomic E-state index is 0.202. The molecule has 1 aliphatic heterocycles. The van der Waals surface area contributed by atoms with E-state index in [1.54, 1.807) is 19.4 Å². The first-order valence-corrected chi connectivity index (χ1v) is 8.27. The normalized spacial score (nSPS) is 13.8. The second kappa shape index (κ2) is 9.24. The van der Waals surface area contributed by atoms with Gasteiger partial charge < -0.3 is 19.7 Å². The Morgan fingerprint density at radius 2 is 1.96 bits per heavy atom. The maximum Gasteiger partial charge on any atom is 0.226 e. The maximum absolute atomic E-state index is 6.03. The molecule has 8 heteroatoms. The standard InChI is InChI=1S/C14H16ClN5O2.C2H6/c1-21-13-3-2-10(9-16-13)17-11-8-12(19-14(15)18-11)20-4-6-22-7-5-20;1-2/h2-3,8-9H,4-7H2,1H3,(H,17,18,19);1-2H3. The lowest BCUT2D eigenvalue weighted by Gasteiger charge is -2.28. The van der Waals surface area contributed by atoms with Gasteiger partial charge in [-0.25, -0.2) is 15.0 Å². The van der Waals surface area contributed by atoms with Crippen LogP contribution >= 0.6 is 11.6 Å². The first kappa shape index (κ1) is 18.2. The van der Waals surface area contributed by atoms with Crippen molar-refractivity contribution in [2.75, 3.05) is 43.6 Å². The molecule has 0 saturated carbocycles. The van der Waals surface area contributed by atoms with Crippen LogP contribution in [0, 0.1) is 0 Å². The molecule has 0 radical (unpaired) electrons. The van der Waals surface area contributed by atoms with Crippen molar-refractivity contribution in [2.24, 2.45) is 0 Å². The van der Waals surface area contributed by atoms with E-state index in [4.69, 9.17) is 21.1 Å². The number of methoxy groups -OCH3 is 1. The predicted molar refractivity (Wildman–Crippen MR) is 95.5 cm³/mol. The summed E-state index contributed by atoms with van der Waals surface area (Å²) in [6.45, 7) is 6.95. The van der Waals surface area contributed by atoms with Crippen molar-refractivity contribution < 1.29 is 9.47 Å². The Balaban J connectivity index is 0.00000100. The number of nitrogens with one attached hydrogen (secondary N) is 1. The molecule has 1 N–H and O–H groups in total. The molecule has 0 amide bonds. The lowest BCUT2D eigenvalue weighted by atomic mass is 10.3. The van der Waals surface area contributed by atoms with Gasteiger partial charge in [0.05, 0.1) is 32.2 Å². The van der Waals surface area contributed by atoms with Gasteiger partial charge in [-0.05, 0) is 17.7 Å². The van der Waals surface area contributed by atoms with Crippen molar-refractivity contribution >= 4 is 28.9 Å². The van der Waals surface area contributed by atoms with Crippen LogP contribution in [0.5, 0.6) is 5.88 Å². The summed E-state index contributed by atoms with van der Waals surface area (Å²) >= 11 is 6.03. The number of rotatable bonds is 4. The van der Waals surface area contributed by atoms with Gasteiger partial charge in [0.2, 0.25) is 11.2 Å². The highest BCUT2D eigenvalue weighted by molar-refractivity contribution is 6.28. The first-order valence-electron chi connectivity index (χ1n) is 7.89.